The molecular formula is C14H15N3. The van der Waals surface area contributed by atoms with Gasteiger partial charge in [0.15, 0.2) is 0 Å². The topological polar surface area (TPSA) is 29.9 Å². The van der Waals surface area contributed by atoms with E-state index < -0.39 is 0 Å². The molecule has 1 aromatic heterocycles. The van der Waals surface area contributed by atoms with Crippen LogP contribution in [0.1, 0.15) is 12.6 Å². The average Bonchev–Trinajstić information content (AvgIpc) is 2.84. The van der Waals surface area contributed by atoms with Crippen molar-refractivity contribution >= 4 is 0 Å². The molecule has 3 heteroatoms. The number of nitrogens with one attached hydrogen (secondary N) is 1. The van der Waals surface area contributed by atoms with Crippen LogP contribution in [0.5, 0.6) is 0 Å². The molecule has 0 amide bonds. The van der Waals surface area contributed by atoms with Crippen molar-refractivity contribution in [3.8, 4) is 17.5 Å². The van der Waals surface area contributed by atoms with Gasteiger partial charge < -0.3 is 5.32 Å². The molecule has 0 spiro atoms. The fraction of sp³-hybridized carbons (Fsp3) is 0.214. The summed E-state index contributed by atoms with van der Waals surface area (Å²) in [6, 6.07) is 11.9. The van der Waals surface area contributed by atoms with Crippen molar-refractivity contribution in [3.05, 3.63) is 48.3 Å². The van der Waals surface area contributed by atoms with Crippen molar-refractivity contribution in [1.29, 1.82) is 0 Å². The zero-order valence-electron chi connectivity index (χ0n) is 9.85. The summed E-state index contributed by atoms with van der Waals surface area (Å²) in [4.78, 5) is 0. The summed E-state index contributed by atoms with van der Waals surface area (Å²) in [5.41, 5.74) is 1.94. The van der Waals surface area contributed by atoms with Gasteiger partial charge in [-0.1, -0.05) is 31.0 Å². The van der Waals surface area contributed by atoms with E-state index in [1.807, 2.05) is 41.1 Å². The molecule has 0 bridgehead atoms. The summed E-state index contributed by atoms with van der Waals surface area (Å²) >= 11 is 0. The van der Waals surface area contributed by atoms with Gasteiger partial charge in [0.1, 0.15) is 5.69 Å². The third-order valence-corrected chi connectivity index (χ3v) is 2.32. The van der Waals surface area contributed by atoms with E-state index in [1.165, 1.54) is 0 Å². The Kier molecular flexibility index (Phi) is 3.95. The van der Waals surface area contributed by atoms with Crippen LogP contribution >= 0.6 is 0 Å². The van der Waals surface area contributed by atoms with E-state index in [0.717, 1.165) is 17.9 Å². The van der Waals surface area contributed by atoms with E-state index >= 15 is 0 Å². The molecule has 1 N–H and O–H groups in total. The van der Waals surface area contributed by atoms with Crippen molar-refractivity contribution in [2.75, 3.05) is 13.1 Å². The summed E-state index contributed by atoms with van der Waals surface area (Å²) in [6.45, 7) is 3.71. The third-order valence-electron chi connectivity index (χ3n) is 2.32. The van der Waals surface area contributed by atoms with E-state index in [1.54, 1.807) is 6.20 Å². The van der Waals surface area contributed by atoms with Crippen molar-refractivity contribution < 1.29 is 0 Å². The Labute approximate surface area is 101 Å². The lowest BCUT2D eigenvalue weighted by molar-refractivity contribution is 0.810. The monoisotopic (exact) mass is 225 g/mol. The summed E-state index contributed by atoms with van der Waals surface area (Å²) in [5, 5.41) is 7.45. The Balaban J connectivity index is 2.20. The fourth-order valence-corrected chi connectivity index (χ4v) is 1.50. The van der Waals surface area contributed by atoms with Crippen LogP contribution in [0, 0.1) is 11.8 Å². The van der Waals surface area contributed by atoms with Crippen LogP contribution in [0.15, 0.2) is 42.6 Å². The quantitative estimate of drug-likeness (QED) is 0.638. The normalized spacial score (nSPS) is 9.71. The van der Waals surface area contributed by atoms with Gasteiger partial charge in [0, 0.05) is 0 Å². The molecule has 0 saturated heterocycles. The van der Waals surface area contributed by atoms with Crippen LogP contribution in [0.25, 0.3) is 5.69 Å². The summed E-state index contributed by atoms with van der Waals surface area (Å²) in [7, 11) is 0. The second kappa shape index (κ2) is 5.88. The third kappa shape index (κ3) is 2.96. The molecule has 0 saturated carbocycles. The maximum atomic E-state index is 4.28. The Morgan fingerprint density at radius 3 is 2.82 bits per heavy atom. The molecule has 0 unspecified atom stereocenters. The lowest BCUT2D eigenvalue weighted by Crippen LogP contribution is -2.12. The molecule has 0 fully saturated rings. The van der Waals surface area contributed by atoms with Gasteiger partial charge in [-0.15, -0.1) is 0 Å². The highest BCUT2D eigenvalue weighted by atomic mass is 15.3. The van der Waals surface area contributed by atoms with Crippen molar-refractivity contribution in [3.63, 3.8) is 0 Å². The molecule has 0 radical (unpaired) electrons. The molecule has 1 heterocycles. The molecule has 0 aliphatic rings. The Bertz CT molecular complexity index is 517. The molecule has 2 rings (SSSR count). The van der Waals surface area contributed by atoms with Crippen molar-refractivity contribution in [2.24, 2.45) is 0 Å². The van der Waals surface area contributed by atoms with Crippen LogP contribution in [0.3, 0.4) is 0 Å². The number of hydrogen-bond acceptors (Lipinski definition) is 2. The van der Waals surface area contributed by atoms with Crippen LogP contribution in [-0.2, 0) is 0 Å². The molecule has 1 aromatic carbocycles. The van der Waals surface area contributed by atoms with Crippen LogP contribution in [-0.4, -0.2) is 22.9 Å². The van der Waals surface area contributed by atoms with E-state index in [-0.39, 0.29) is 0 Å². The zero-order valence-corrected chi connectivity index (χ0v) is 9.85. The molecule has 0 aliphatic carbocycles. The van der Waals surface area contributed by atoms with Gasteiger partial charge in [-0.05, 0) is 30.7 Å². The first kappa shape index (κ1) is 11.4. The zero-order chi connectivity index (χ0) is 11.9. The van der Waals surface area contributed by atoms with Gasteiger partial charge >= 0.3 is 0 Å². The first-order valence-electron chi connectivity index (χ1n) is 5.71. The maximum absolute atomic E-state index is 4.28. The first-order chi connectivity index (χ1) is 8.42. The fourth-order valence-electron chi connectivity index (χ4n) is 1.50. The number of para-hydroxylation sites is 1. The number of rotatable bonds is 3. The van der Waals surface area contributed by atoms with Gasteiger partial charge in [0.25, 0.3) is 0 Å². The SMILES string of the molecule is CCNCC#Cc1ccnn1-c1ccccc1. The van der Waals surface area contributed by atoms with E-state index in [2.05, 4.69) is 29.2 Å². The number of benzene rings is 1. The minimum absolute atomic E-state index is 0.705. The minimum atomic E-state index is 0.705. The standard InChI is InChI=1S/C14H15N3/c1-2-15-11-6-9-14-10-12-16-17(14)13-7-4-3-5-8-13/h3-5,7-8,10,12,15H,2,11H2,1H3. The van der Waals surface area contributed by atoms with Gasteiger partial charge in [-0.25, -0.2) is 4.68 Å². The van der Waals surface area contributed by atoms with Crippen LogP contribution in [0.4, 0.5) is 0 Å². The molecule has 0 atom stereocenters. The van der Waals surface area contributed by atoms with Crippen LogP contribution < -0.4 is 5.32 Å². The highest BCUT2D eigenvalue weighted by molar-refractivity contribution is 5.38. The van der Waals surface area contributed by atoms with Gasteiger partial charge in [0.05, 0.1) is 18.4 Å². The first-order valence-corrected chi connectivity index (χ1v) is 5.71. The van der Waals surface area contributed by atoms with E-state index in [4.69, 9.17) is 0 Å². The largest absolute Gasteiger partial charge is 0.306 e. The number of hydrogen-bond donors (Lipinski definition) is 1. The number of aromatic nitrogens is 2. The lowest BCUT2D eigenvalue weighted by atomic mass is 10.3. The predicted molar refractivity (Wildman–Crippen MR) is 69.0 cm³/mol. The number of nitrogens with zero attached hydrogens (tertiary/aromatic N) is 2. The molecule has 17 heavy (non-hydrogen) atoms. The second-order valence-corrected chi connectivity index (χ2v) is 3.55. The van der Waals surface area contributed by atoms with Gasteiger partial charge in [-0.2, -0.15) is 5.10 Å². The highest BCUT2D eigenvalue weighted by Gasteiger charge is 2.00. The molecule has 3 nitrogen and oxygen atoms in total. The molecular weight excluding hydrogens is 210 g/mol. The van der Waals surface area contributed by atoms with Gasteiger partial charge in [0.2, 0.25) is 0 Å². The van der Waals surface area contributed by atoms with Crippen LogP contribution in [0.2, 0.25) is 0 Å². The molecule has 86 valence electrons. The van der Waals surface area contributed by atoms with Crippen molar-refractivity contribution in [2.45, 2.75) is 6.92 Å². The maximum Gasteiger partial charge on any atom is 0.117 e. The molecule has 0 aliphatic heterocycles. The van der Waals surface area contributed by atoms with E-state index in [0.29, 0.717) is 6.54 Å². The lowest BCUT2D eigenvalue weighted by Gasteiger charge is -2.02. The summed E-state index contributed by atoms with van der Waals surface area (Å²) in [5.74, 6) is 6.19. The van der Waals surface area contributed by atoms with E-state index in [9.17, 15) is 0 Å². The Hall–Kier alpha value is -2.05. The summed E-state index contributed by atoms with van der Waals surface area (Å²) < 4.78 is 1.85. The molecule has 2 aromatic rings. The second-order valence-electron chi connectivity index (χ2n) is 3.55. The van der Waals surface area contributed by atoms with Crippen molar-refractivity contribution in [1.82, 2.24) is 15.1 Å². The highest BCUT2D eigenvalue weighted by Crippen LogP contribution is 2.08. The minimum Gasteiger partial charge on any atom is -0.306 e. The summed E-state index contributed by atoms with van der Waals surface area (Å²) in [6.07, 6.45) is 1.77. The van der Waals surface area contributed by atoms with Gasteiger partial charge in [-0.3, -0.25) is 0 Å². The Morgan fingerprint density at radius 1 is 1.24 bits per heavy atom. The Morgan fingerprint density at radius 2 is 2.06 bits per heavy atom. The smallest absolute Gasteiger partial charge is 0.117 e. The average molecular weight is 225 g/mol. The predicted octanol–water partition coefficient (Wildman–Crippen LogP) is 1.83.